The van der Waals surface area contributed by atoms with E-state index in [-0.39, 0.29) is 5.41 Å². The van der Waals surface area contributed by atoms with Crippen LogP contribution in [-0.4, -0.2) is 36.6 Å². The molecule has 18 heavy (non-hydrogen) atoms. The maximum Gasteiger partial charge on any atom is 0.107 e. The fraction of sp³-hybridized carbons (Fsp3) is 0.786. The van der Waals surface area contributed by atoms with Crippen molar-refractivity contribution in [1.82, 2.24) is 15.2 Å². The highest BCUT2D eigenvalue weighted by Gasteiger charge is 2.17. The zero-order chi connectivity index (χ0) is 13.8. The van der Waals surface area contributed by atoms with E-state index in [2.05, 4.69) is 57.4 Å². The number of hydrogen-bond donors (Lipinski definition) is 1. The average molecular weight is 269 g/mol. The molecule has 0 saturated carbocycles. The first kappa shape index (κ1) is 15.6. The molecule has 1 aromatic heterocycles. The van der Waals surface area contributed by atoms with Gasteiger partial charge in [0.1, 0.15) is 5.01 Å². The minimum absolute atomic E-state index is 0.158. The van der Waals surface area contributed by atoms with Gasteiger partial charge in [-0.05, 0) is 34.0 Å². The van der Waals surface area contributed by atoms with Crippen LogP contribution in [0.4, 0.5) is 0 Å². The molecule has 0 unspecified atom stereocenters. The van der Waals surface area contributed by atoms with Gasteiger partial charge in [0, 0.05) is 23.4 Å². The van der Waals surface area contributed by atoms with Crippen molar-refractivity contribution in [1.29, 1.82) is 0 Å². The molecule has 104 valence electrons. The summed E-state index contributed by atoms with van der Waals surface area (Å²) in [5.41, 5.74) is 1.36. The van der Waals surface area contributed by atoms with Crippen molar-refractivity contribution in [3.05, 3.63) is 16.1 Å². The molecule has 0 fully saturated rings. The Balaban J connectivity index is 2.37. The van der Waals surface area contributed by atoms with E-state index in [0.29, 0.717) is 6.04 Å². The van der Waals surface area contributed by atoms with Gasteiger partial charge in [0.2, 0.25) is 0 Å². The Kier molecular flexibility index (Phi) is 5.76. The third kappa shape index (κ3) is 5.46. The van der Waals surface area contributed by atoms with E-state index < -0.39 is 0 Å². The van der Waals surface area contributed by atoms with Crippen LogP contribution >= 0.6 is 11.3 Å². The summed E-state index contributed by atoms with van der Waals surface area (Å²) in [6, 6.07) is 0.536. The molecule has 0 saturated heterocycles. The van der Waals surface area contributed by atoms with Crippen molar-refractivity contribution >= 4 is 11.3 Å². The highest BCUT2D eigenvalue weighted by Crippen LogP contribution is 2.23. The maximum absolute atomic E-state index is 4.69. The molecule has 1 atom stereocenters. The number of aromatic nitrogens is 1. The predicted molar refractivity (Wildman–Crippen MR) is 80.3 cm³/mol. The lowest BCUT2D eigenvalue weighted by atomic mass is 9.93. The monoisotopic (exact) mass is 269 g/mol. The van der Waals surface area contributed by atoms with Gasteiger partial charge in [0.05, 0.1) is 5.69 Å². The fourth-order valence-corrected chi connectivity index (χ4v) is 2.52. The van der Waals surface area contributed by atoms with Gasteiger partial charge in [-0.25, -0.2) is 4.98 Å². The predicted octanol–water partition coefficient (Wildman–Crippen LogP) is 2.87. The molecule has 0 aliphatic heterocycles. The largest absolute Gasteiger partial charge is 0.309 e. The van der Waals surface area contributed by atoms with Crippen LogP contribution < -0.4 is 5.32 Å². The van der Waals surface area contributed by atoms with Gasteiger partial charge in [-0.1, -0.05) is 20.8 Å². The van der Waals surface area contributed by atoms with Crippen LogP contribution in [0.1, 0.15) is 44.8 Å². The van der Waals surface area contributed by atoms with Crippen LogP contribution in [0.25, 0.3) is 0 Å². The summed E-state index contributed by atoms with van der Waals surface area (Å²) in [6.45, 7) is 10.9. The Hall–Kier alpha value is -0.450. The first-order valence-electron chi connectivity index (χ1n) is 6.62. The summed E-state index contributed by atoms with van der Waals surface area (Å²) in [4.78, 5) is 6.92. The Labute approximate surface area is 116 Å². The third-order valence-corrected chi connectivity index (χ3v) is 3.78. The SMILES string of the molecule is C[C@@H](CCN(C)C)NCc1nc(C(C)(C)C)cs1. The van der Waals surface area contributed by atoms with E-state index in [1.54, 1.807) is 11.3 Å². The minimum atomic E-state index is 0.158. The lowest BCUT2D eigenvalue weighted by Crippen LogP contribution is -2.29. The van der Waals surface area contributed by atoms with E-state index >= 15 is 0 Å². The van der Waals surface area contributed by atoms with Gasteiger partial charge in [0.15, 0.2) is 0 Å². The molecular weight excluding hydrogens is 242 g/mol. The third-order valence-electron chi connectivity index (χ3n) is 2.93. The second kappa shape index (κ2) is 6.64. The van der Waals surface area contributed by atoms with Crippen molar-refractivity contribution < 1.29 is 0 Å². The number of hydrogen-bond acceptors (Lipinski definition) is 4. The maximum atomic E-state index is 4.69. The molecule has 3 nitrogen and oxygen atoms in total. The molecule has 1 N–H and O–H groups in total. The summed E-state index contributed by atoms with van der Waals surface area (Å²) < 4.78 is 0. The van der Waals surface area contributed by atoms with E-state index in [4.69, 9.17) is 4.98 Å². The first-order valence-corrected chi connectivity index (χ1v) is 7.50. The molecule has 1 heterocycles. The van der Waals surface area contributed by atoms with Gasteiger partial charge >= 0.3 is 0 Å². The molecule has 0 aliphatic rings. The van der Waals surface area contributed by atoms with Gasteiger partial charge in [-0.3, -0.25) is 0 Å². The zero-order valence-corrected chi connectivity index (χ0v) is 13.4. The number of rotatable bonds is 6. The van der Waals surface area contributed by atoms with Crippen molar-refractivity contribution in [2.75, 3.05) is 20.6 Å². The van der Waals surface area contributed by atoms with E-state index in [1.165, 1.54) is 17.1 Å². The zero-order valence-electron chi connectivity index (χ0n) is 12.6. The second-order valence-corrected chi connectivity index (χ2v) is 7.19. The normalized spacial score (nSPS) is 14.2. The van der Waals surface area contributed by atoms with E-state index in [9.17, 15) is 0 Å². The number of thiazole rings is 1. The van der Waals surface area contributed by atoms with Crippen LogP contribution in [0.2, 0.25) is 0 Å². The summed E-state index contributed by atoms with van der Waals surface area (Å²) >= 11 is 1.76. The van der Waals surface area contributed by atoms with E-state index in [0.717, 1.165) is 13.1 Å². The van der Waals surface area contributed by atoms with Crippen molar-refractivity contribution in [2.45, 2.75) is 52.1 Å². The lowest BCUT2D eigenvalue weighted by Gasteiger charge is -2.16. The summed E-state index contributed by atoms with van der Waals surface area (Å²) in [6.07, 6.45) is 1.17. The van der Waals surface area contributed by atoms with Crippen LogP contribution in [0.3, 0.4) is 0 Å². The van der Waals surface area contributed by atoms with Crippen molar-refractivity contribution in [2.24, 2.45) is 0 Å². The summed E-state index contributed by atoms with van der Waals surface area (Å²) in [7, 11) is 4.23. The highest BCUT2D eigenvalue weighted by molar-refractivity contribution is 7.09. The van der Waals surface area contributed by atoms with Crippen LogP contribution in [-0.2, 0) is 12.0 Å². The van der Waals surface area contributed by atoms with Crippen molar-refractivity contribution in [3.8, 4) is 0 Å². The molecule has 4 heteroatoms. The molecule has 0 aromatic carbocycles. The number of nitrogens with zero attached hydrogens (tertiary/aromatic N) is 2. The van der Waals surface area contributed by atoms with Crippen LogP contribution in [0, 0.1) is 0 Å². The average Bonchev–Trinajstić information content (AvgIpc) is 2.71. The molecule has 1 aromatic rings. The fourth-order valence-electron chi connectivity index (χ4n) is 1.55. The van der Waals surface area contributed by atoms with Gasteiger partial charge in [-0.2, -0.15) is 0 Å². The summed E-state index contributed by atoms with van der Waals surface area (Å²) in [5, 5.41) is 6.91. The van der Waals surface area contributed by atoms with Crippen molar-refractivity contribution in [3.63, 3.8) is 0 Å². The standard InChI is InChI=1S/C14H27N3S/c1-11(7-8-17(5)6)15-9-13-16-12(10-18-13)14(2,3)4/h10-11,15H,7-9H2,1-6H3/t11-/m0/s1. The smallest absolute Gasteiger partial charge is 0.107 e. The van der Waals surface area contributed by atoms with E-state index in [1.807, 2.05) is 0 Å². The Morgan fingerprint density at radius 2 is 2.06 bits per heavy atom. The molecule has 0 spiro atoms. The lowest BCUT2D eigenvalue weighted by molar-refractivity contribution is 0.365. The molecule has 0 radical (unpaired) electrons. The molecule has 0 bridgehead atoms. The topological polar surface area (TPSA) is 28.2 Å². The van der Waals surface area contributed by atoms with Crippen LogP contribution in [0.15, 0.2) is 5.38 Å². The first-order chi connectivity index (χ1) is 8.29. The summed E-state index contributed by atoms with van der Waals surface area (Å²) in [5.74, 6) is 0. The quantitative estimate of drug-likeness (QED) is 0.861. The Bertz CT molecular complexity index is 352. The highest BCUT2D eigenvalue weighted by atomic mass is 32.1. The Morgan fingerprint density at radius 3 is 2.56 bits per heavy atom. The molecular formula is C14H27N3S. The van der Waals surface area contributed by atoms with Gasteiger partial charge in [-0.15, -0.1) is 11.3 Å². The molecule has 1 rings (SSSR count). The van der Waals surface area contributed by atoms with Gasteiger partial charge < -0.3 is 10.2 Å². The van der Waals surface area contributed by atoms with Crippen LogP contribution in [0.5, 0.6) is 0 Å². The minimum Gasteiger partial charge on any atom is -0.309 e. The molecule has 0 amide bonds. The van der Waals surface area contributed by atoms with Gasteiger partial charge in [0.25, 0.3) is 0 Å². The second-order valence-electron chi connectivity index (χ2n) is 6.25. The Morgan fingerprint density at radius 1 is 1.39 bits per heavy atom. The molecule has 0 aliphatic carbocycles. The number of nitrogens with one attached hydrogen (secondary N) is 1.